The number of rotatable bonds is 5. The maximum absolute atomic E-state index is 12.8. The normalized spacial score (nSPS) is 14.1. The number of aromatic nitrogens is 1. The second-order valence-electron chi connectivity index (χ2n) is 7.07. The number of hydrogen-bond donors (Lipinski definition) is 1. The summed E-state index contributed by atoms with van der Waals surface area (Å²) in [5, 5.41) is 3.39. The number of amides is 1. The number of carbonyl (C=O) groups excluding carboxylic acids is 1. The van der Waals surface area contributed by atoms with Crippen molar-refractivity contribution in [1.82, 2.24) is 9.88 Å². The number of anilines is 2. The van der Waals surface area contributed by atoms with E-state index in [4.69, 9.17) is 11.6 Å². The Bertz CT molecular complexity index is 980. The van der Waals surface area contributed by atoms with E-state index in [1.807, 2.05) is 36.1 Å². The predicted molar refractivity (Wildman–Crippen MR) is 120 cm³/mol. The fourth-order valence-electron chi connectivity index (χ4n) is 3.50. The zero-order valence-electron chi connectivity index (χ0n) is 16.3. The van der Waals surface area contributed by atoms with Gasteiger partial charge < -0.3 is 15.1 Å². The van der Waals surface area contributed by atoms with Gasteiger partial charge in [-0.2, -0.15) is 0 Å². The third kappa shape index (κ3) is 4.71. The van der Waals surface area contributed by atoms with Crippen LogP contribution in [0.25, 0.3) is 0 Å². The molecule has 1 N–H and O–H groups in total. The molecule has 1 saturated heterocycles. The highest BCUT2D eigenvalue weighted by atomic mass is 35.5. The van der Waals surface area contributed by atoms with E-state index < -0.39 is 0 Å². The first kappa shape index (κ1) is 19.7. The Kier molecular flexibility index (Phi) is 6.02. The van der Waals surface area contributed by atoms with Gasteiger partial charge in [-0.1, -0.05) is 29.8 Å². The van der Waals surface area contributed by atoms with Crippen LogP contribution in [0.4, 0.5) is 11.4 Å². The van der Waals surface area contributed by atoms with E-state index in [9.17, 15) is 4.79 Å². The van der Waals surface area contributed by atoms with Gasteiger partial charge in [0.25, 0.3) is 5.91 Å². The first-order valence-electron chi connectivity index (χ1n) is 9.64. The van der Waals surface area contributed by atoms with Crippen LogP contribution in [0.2, 0.25) is 4.47 Å². The topological polar surface area (TPSA) is 48.5 Å². The Morgan fingerprint density at radius 2 is 1.83 bits per heavy atom. The van der Waals surface area contributed by atoms with Gasteiger partial charge in [0.05, 0.1) is 6.54 Å². The molecule has 0 aliphatic carbocycles. The Labute approximate surface area is 179 Å². The summed E-state index contributed by atoms with van der Waals surface area (Å²) in [4.78, 5) is 22.2. The van der Waals surface area contributed by atoms with E-state index in [1.165, 1.54) is 17.0 Å². The Morgan fingerprint density at radius 3 is 2.48 bits per heavy atom. The summed E-state index contributed by atoms with van der Waals surface area (Å²) in [6.07, 6.45) is 1.80. The second kappa shape index (κ2) is 8.84. The van der Waals surface area contributed by atoms with E-state index >= 15 is 0 Å². The largest absolute Gasteiger partial charge is 0.380 e. The maximum Gasteiger partial charge on any atom is 0.254 e. The molecule has 3 aromatic rings. The van der Waals surface area contributed by atoms with Crippen molar-refractivity contribution in [3.63, 3.8) is 0 Å². The number of benzene rings is 2. The molecule has 0 bridgehead atoms. The average Bonchev–Trinajstić information content (AvgIpc) is 3.18. The quantitative estimate of drug-likeness (QED) is 0.643. The van der Waals surface area contributed by atoms with Crippen LogP contribution < -0.4 is 10.2 Å². The molecule has 5 nitrogen and oxygen atoms in total. The van der Waals surface area contributed by atoms with Gasteiger partial charge in [0.2, 0.25) is 0 Å². The third-order valence-electron chi connectivity index (χ3n) is 5.17. The van der Waals surface area contributed by atoms with Crippen molar-refractivity contribution in [3.05, 3.63) is 75.2 Å². The van der Waals surface area contributed by atoms with Crippen molar-refractivity contribution in [2.24, 2.45) is 0 Å². The van der Waals surface area contributed by atoms with Gasteiger partial charge in [0.1, 0.15) is 0 Å². The zero-order valence-corrected chi connectivity index (χ0v) is 17.8. The van der Waals surface area contributed by atoms with E-state index in [2.05, 4.69) is 39.5 Å². The van der Waals surface area contributed by atoms with E-state index in [-0.39, 0.29) is 5.91 Å². The molecular weight excluding hydrogens is 404 g/mol. The number of piperazine rings is 1. The number of aryl methyl sites for hydroxylation is 1. The molecule has 0 unspecified atom stereocenters. The fraction of sp³-hybridized carbons (Fsp3) is 0.273. The van der Waals surface area contributed by atoms with E-state index in [0.717, 1.165) is 47.9 Å². The Balaban J connectivity index is 1.31. The Hall–Kier alpha value is -2.57. The summed E-state index contributed by atoms with van der Waals surface area (Å²) in [6, 6.07) is 16.2. The van der Waals surface area contributed by atoms with Crippen LogP contribution in [0.15, 0.2) is 54.7 Å². The van der Waals surface area contributed by atoms with Crippen LogP contribution in [-0.2, 0) is 6.54 Å². The highest BCUT2D eigenvalue weighted by molar-refractivity contribution is 7.15. The lowest BCUT2D eigenvalue weighted by Gasteiger charge is -2.36. The van der Waals surface area contributed by atoms with Crippen molar-refractivity contribution in [1.29, 1.82) is 0 Å². The molecule has 1 aliphatic heterocycles. The fourth-order valence-corrected chi connectivity index (χ4v) is 4.41. The Morgan fingerprint density at radius 1 is 1.10 bits per heavy atom. The molecule has 1 amide bonds. The summed E-state index contributed by atoms with van der Waals surface area (Å²) in [7, 11) is 0. The van der Waals surface area contributed by atoms with Crippen LogP contribution in [0.5, 0.6) is 0 Å². The number of hydrogen-bond acceptors (Lipinski definition) is 5. The van der Waals surface area contributed by atoms with E-state index in [0.29, 0.717) is 11.0 Å². The zero-order chi connectivity index (χ0) is 20.2. The highest BCUT2D eigenvalue weighted by Crippen LogP contribution is 2.22. The lowest BCUT2D eigenvalue weighted by atomic mass is 10.1. The van der Waals surface area contributed by atoms with Crippen molar-refractivity contribution < 1.29 is 4.79 Å². The van der Waals surface area contributed by atoms with Gasteiger partial charge in [-0.05, 0) is 42.8 Å². The average molecular weight is 427 g/mol. The first-order chi connectivity index (χ1) is 14.1. The summed E-state index contributed by atoms with van der Waals surface area (Å²) in [5.74, 6) is 0.130. The number of carbonyl (C=O) groups is 1. The highest BCUT2D eigenvalue weighted by Gasteiger charge is 2.23. The summed E-state index contributed by atoms with van der Waals surface area (Å²) in [6.45, 7) is 5.85. The molecule has 2 heterocycles. The molecule has 0 atom stereocenters. The lowest BCUT2D eigenvalue weighted by molar-refractivity contribution is 0.0746. The molecule has 1 aliphatic rings. The van der Waals surface area contributed by atoms with Gasteiger partial charge in [-0.25, -0.2) is 4.98 Å². The molecular formula is C22H23ClN4OS. The third-order valence-corrected chi connectivity index (χ3v) is 6.28. The predicted octanol–water partition coefficient (Wildman–Crippen LogP) is 4.68. The van der Waals surface area contributed by atoms with Gasteiger partial charge in [0, 0.05) is 54.2 Å². The number of thiazole rings is 1. The maximum atomic E-state index is 12.8. The minimum absolute atomic E-state index is 0.130. The van der Waals surface area contributed by atoms with Crippen LogP contribution in [-0.4, -0.2) is 42.0 Å². The van der Waals surface area contributed by atoms with E-state index in [1.54, 1.807) is 6.20 Å². The molecule has 1 fully saturated rings. The number of halogens is 1. The smallest absolute Gasteiger partial charge is 0.254 e. The lowest BCUT2D eigenvalue weighted by Crippen LogP contribution is -2.48. The van der Waals surface area contributed by atoms with Gasteiger partial charge >= 0.3 is 0 Å². The molecule has 0 radical (unpaired) electrons. The number of nitrogens with zero attached hydrogens (tertiary/aromatic N) is 3. The summed E-state index contributed by atoms with van der Waals surface area (Å²) >= 11 is 7.36. The minimum atomic E-state index is 0.130. The molecule has 150 valence electrons. The van der Waals surface area contributed by atoms with Crippen molar-refractivity contribution in [3.8, 4) is 0 Å². The molecule has 2 aromatic carbocycles. The molecule has 1 aromatic heterocycles. The van der Waals surface area contributed by atoms with Crippen molar-refractivity contribution >= 4 is 40.2 Å². The standard InChI is InChI=1S/C22H23ClN4OS/c1-16-4-2-3-5-20(16)21(28)27-12-10-26(11-13-27)18-8-6-17(7-9-18)24-14-19-15-25-22(23)29-19/h2-9,15,24H,10-14H2,1H3. The second-order valence-corrected chi connectivity index (χ2v) is 8.77. The molecule has 0 saturated carbocycles. The van der Waals surface area contributed by atoms with Gasteiger partial charge in [0.15, 0.2) is 4.47 Å². The van der Waals surface area contributed by atoms with Gasteiger partial charge in [-0.3, -0.25) is 4.79 Å². The monoisotopic (exact) mass is 426 g/mol. The SMILES string of the molecule is Cc1ccccc1C(=O)N1CCN(c2ccc(NCc3cnc(Cl)s3)cc2)CC1. The minimum Gasteiger partial charge on any atom is -0.380 e. The first-order valence-corrected chi connectivity index (χ1v) is 10.8. The van der Waals surface area contributed by atoms with Crippen LogP contribution >= 0.6 is 22.9 Å². The van der Waals surface area contributed by atoms with Crippen molar-refractivity contribution in [2.75, 3.05) is 36.4 Å². The van der Waals surface area contributed by atoms with Crippen LogP contribution in [0.1, 0.15) is 20.8 Å². The number of nitrogens with one attached hydrogen (secondary N) is 1. The molecule has 29 heavy (non-hydrogen) atoms. The van der Waals surface area contributed by atoms with Gasteiger partial charge in [-0.15, -0.1) is 11.3 Å². The van der Waals surface area contributed by atoms with Crippen molar-refractivity contribution in [2.45, 2.75) is 13.5 Å². The van der Waals surface area contributed by atoms with Crippen LogP contribution in [0.3, 0.4) is 0 Å². The summed E-state index contributed by atoms with van der Waals surface area (Å²) in [5.41, 5.74) is 4.08. The summed E-state index contributed by atoms with van der Waals surface area (Å²) < 4.78 is 0.567. The molecule has 0 spiro atoms. The van der Waals surface area contributed by atoms with Crippen LogP contribution in [0, 0.1) is 6.92 Å². The molecule has 7 heteroatoms. The molecule has 4 rings (SSSR count).